The van der Waals surface area contributed by atoms with Gasteiger partial charge in [-0.05, 0) is 12.0 Å². The molecule has 2 N–H and O–H groups in total. The first kappa shape index (κ1) is 13.8. The van der Waals surface area contributed by atoms with Gasteiger partial charge in [-0.1, -0.05) is 48.7 Å². The van der Waals surface area contributed by atoms with E-state index in [0.717, 1.165) is 0 Å². The van der Waals surface area contributed by atoms with Crippen LogP contribution in [-0.4, -0.2) is 22.7 Å². The van der Waals surface area contributed by atoms with E-state index in [-0.39, 0.29) is 23.7 Å². The van der Waals surface area contributed by atoms with Gasteiger partial charge < -0.3 is 10.4 Å². The van der Waals surface area contributed by atoms with Crippen molar-refractivity contribution >= 4 is 40.6 Å². The van der Waals surface area contributed by atoms with Gasteiger partial charge in [-0.15, -0.1) is 0 Å². The van der Waals surface area contributed by atoms with Crippen molar-refractivity contribution < 1.29 is 5.11 Å². The largest absolute Gasteiger partial charge is 0.394 e. The maximum Gasteiger partial charge on any atom is 0.150 e. The quantitative estimate of drug-likeness (QED) is 0.832. The highest BCUT2D eigenvalue weighted by Gasteiger charge is 2.15. The number of pyridine rings is 1. The molecule has 0 aliphatic rings. The van der Waals surface area contributed by atoms with Crippen molar-refractivity contribution in [2.45, 2.75) is 19.9 Å². The molecule has 3 nitrogen and oxygen atoms in total. The van der Waals surface area contributed by atoms with Crippen LogP contribution in [0.15, 0.2) is 6.07 Å². The van der Waals surface area contributed by atoms with Gasteiger partial charge in [-0.2, -0.15) is 0 Å². The Morgan fingerprint density at radius 1 is 1.31 bits per heavy atom. The Morgan fingerprint density at radius 2 is 1.94 bits per heavy atom. The van der Waals surface area contributed by atoms with Crippen molar-refractivity contribution in [3.05, 3.63) is 21.3 Å². The zero-order valence-corrected chi connectivity index (χ0v) is 11.2. The predicted octanol–water partition coefficient (Wildman–Crippen LogP) is 3.47. The van der Waals surface area contributed by atoms with Gasteiger partial charge in [0.25, 0.3) is 0 Å². The van der Waals surface area contributed by atoms with Gasteiger partial charge in [-0.3, -0.25) is 0 Å². The number of hydrogen-bond acceptors (Lipinski definition) is 3. The molecule has 16 heavy (non-hydrogen) atoms. The van der Waals surface area contributed by atoms with E-state index in [2.05, 4.69) is 10.3 Å². The van der Waals surface area contributed by atoms with E-state index in [1.54, 1.807) is 0 Å². The molecular weight excluding hydrogens is 270 g/mol. The van der Waals surface area contributed by atoms with Gasteiger partial charge in [0.1, 0.15) is 11.0 Å². The zero-order valence-electron chi connectivity index (χ0n) is 8.97. The van der Waals surface area contributed by atoms with Crippen molar-refractivity contribution in [2.24, 2.45) is 5.92 Å². The Balaban J connectivity index is 2.92. The van der Waals surface area contributed by atoms with Crippen molar-refractivity contribution in [2.75, 3.05) is 11.9 Å². The Bertz CT molecular complexity index is 371. The summed E-state index contributed by atoms with van der Waals surface area (Å²) in [6.07, 6.45) is 0. The van der Waals surface area contributed by atoms with E-state index in [4.69, 9.17) is 34.8 Å². The van der Waals surface area contributed by atoms with E-state index < -0.39 is 0 Å². The van der Waals surface area contributed by atoms with Crippen molar-refractivity contribution in [3.63, 3.8) is 0 Å². The van der Waals surface area contributed by atoms with Crippen LogP contribution >= 0.6 is 34.8 Å². The third kappa shape index (κ3) is 3.39. The Labute approximate surface area is 110 Å². The first-order valence-corrected chi connectivity index (χ1v) is 5.98. The third-order valence-corrected chi connectivity index (χ3v) is 3.17. The summed E-state index contributed by atoms with van der Waals surface area (Å²) < 4.78 is 0. The molecule has 1 aromatic heterocycles. The summed E-state index contributed by atoms with van der Waals surface area (Å²) in [7, 11) is 0. The van der Waals surface area contributed by atoms with E-state index in [0.29, 0.717) is 15.9 Å². The first-order valence-electron chi connectivity index (χ1n) is 4.84. The topological polar surface area (TPSA) is 45.1 Å². The normalized spacial score (nSPS) is 12.9. The van der Waals surface area contributed by atoms with Crippen LogP contribution in [0.5, 0.6) is 0 Å². The molecule has 90 valence electrons. The first-order chi connectivity index (χ1) is 7.45. The molecule has 0 spiro atoms. The lowest BCUT2D eigenvalue weighted by atomic mass is 10.1. The van der Waals surface area contributed by atoms with Gasteiger partial charge in [0.05, 0.1) is 22.7 Å². The molecule has 1 atom stereocenters. The molecule has 0 saturated heterocycles. The molecule has 1 heterocycles. The maximum absolute atomic E-state index is 9.18. The van der Waals surface area contributed by atoms with Crippen LogP contribution in [0.1, 0.15) is 13.8 Å². The minimum Gasteiger partial charge on any atom is -0.394 e. The van der Waals surface area contributed by atoms with E-state index in [9.17, 15) is 5.11 Å². The van der Waals surface area contributed by atoms with Crippen LogP contribution in [0.3, 0.4) is 0 Å². The van der Waals surface area contributed by atoms with Crippen LogP contribution in [0.4, 0.5) is 5.82 Å². The molecule has 0 fully saturated rings. The molecule has 0 aliphatic heterocycles. The standard InChI is InChI=1S/C10H13Cl3N2O/c1-5(2)8(4-16)14-10-7(12)3-6(11)9(13)15-10/h3,5,8,16H,4H2,1-2H3,(H,14,15). The van der Waals surface area contributed by atoms with Gasteiger partial charge in [0, 0.05) is 0 Å². The number of nitrogens with zero attached hydrogens (tertiary/aromatic N) is 1. The molecule has 0 aromatic carbocycles. The molecular formula is C10H13Cl3N2O. The molecule has 0 bridgehead atoms. The second-order valence-corrected chi connectivity index (χ2v) is 4.94. The molecule has 0 saturated carbocycles. The van der Waals surface area contributed by atoms with Crippen LogP contribution in [-0.2, 0) is 0 Å². The number of nitrogens with one attached hydrogen (secondary N) is 1. The van der Waals surface area contributed by atoms with Gasteiger partial charge in [0.15, 0.2) is 0 Å². The Kier molecular flexibility index (Phi) is 5.12. The van der Waals surface area contributed by atoms with E-state index in [1.807, 2.05) is 13.8 Å². The highest BCUT2D eigenvalue weighted by atomic mass is 35.5. The molecule has 1 rings (SSSR count). The number of rotatable bonds is 4. The van der Waals surface area contributed by atoms with Crippen LogP contribution < -0.4 is 5.32 Å². The number of aliphatic hydroxyl groups excluding tert-OH is 1. The van der Waals surface area contributed by atoms with Gasteiger partial charge in [-0.25, -0.2) is 4.98 Å². The Morgan fingerprint density at radius 3 is 2.44 bits per heavy atom. The maximum atomic E-state index is 9.18. The minimum absolute atomic E-state index is 0.00405. The lowest BCUT2D eigenvalue weighted by Crippen LogP contribution is -2.30. The third-order valence-electron chi connectivity index (χ3n) is 2.21. The number of halogens is 3. The lowest BCUT2D eigenvalue weighted by molar-refractivity contribution is 0.249. The van der Waals surface area contributed by atoms with Crippen molar-refractivity contribution in [3.8, 4) is 0 Å². The van der Waals surface area contributed by atoms with Gasteiger partial charge >= 0.3 is 0 Å². The van der Waals surface area contributed by atoms with Crippen LogP contribution in [0, 0.1) is 5.92 Å². The van der Waals surface area contributed by atoms with Crippen LogP contribution in [0.2, 0.25) is 15.2 Å². The molecule has 0 aliphatic carbocycles. The SMILES string of the molecule is CC(C)C(CO)Nc1nc(Cl)c(Cl)cc1Cl. The summed E-state index contributed by atoms with van der Waals surface area (Å²) in [6, 6.07) is 1.40. The fraction of sp³-hybridized carbons (Fsp3) is 0.500. The molecule has 6 heteroatoms. The summed E-state index contributed by atoms with van der Waals surface area (Å²) in [5, 5.41) is 13.1. The summed E-state index contributed by atoms with van der Waals surface area (Å²) in [6.45, 7) is 3.97. The molecule has 0 amide bonds. The second kappa shape index (κ2) is 5.92. The summed E-state index contributed by atoms with van der Waals surface area (Å²) in [4.78, 5) is 4.02. The summed E-state index contributed by atoms with van der Waals surface area (Å²) in [5.41, 5.74) is 0. The fourth-order valence-electron chi connectivity index (χ4n) is 1.14. The zero-order chi connectivity index (χ0) is 12.3. The number of anilines is 1. The molecule has 1 aromatic rings. The predicted molar refractivity (Wildman–Crippen MR) is 68.6 cm³/mol. The van der Waals surface area contributed by atoms with Crippen molar-refractivity contribution in [1.82, 2.24) is 4.98 Å². The number of aliphatic hydroxyl groups is 1. The smallest absolute Gasteiger partial charge is 0.150 e. The van der Waals surface area contributed by atoms with Crippen molar-refractivity contribution in [1.29, 1.82) is 0 Å². The second-order valence-electron chi connectivity index (χ2n) is 3.77. The lowest BCUT2D eigenvalue weighted by Gasteiger charge is -2.21. The monoisotopic (exact) mass is 282 g/mol. The summed E-state index contributed by atoms with van der Waals surface area (Å²) >= 11 is 17.5. The molecule has 1 unspecified atom stereocenters. The Hall–Kier alpha value is -0.220. The van der Waals surface area contributed by atoms with E-state index >= 15 is 0 Å². The molecule has 0 radical (unpaired) electrons. The average Bonchev–Trinajstić information content (AvgIpc) is 2.21. The minimum atomic E-state index is -0.123. The van der Waals surface area contributed by atoms with Crippen LogP contribution in [0.25, 0.3) is 0 Å². The van der Waals surface area contributed by atoms with Gasteiger partial charge in [0.2, 0.25) is 0 Å². The fourth-order valence-corrected chi connectivity index (χ4v) is 1.70. The average molecular weight is 284 g/mol. The highest BCUT2D eigenvalue weighted by molar-refractivity contribution is 6.42. The summed E-state index contributed by atoms with van der Waals surface area (Å²) in [5.74, 6) is 0.682. The number of aromatic nitrogens is 1. The van der Waals surface area contributed by atoms with E-state index in [1.165, 1.54) is 6.07 Å². The number of hydrogen-bond donors (Lipinski definition) is 2. The highest BCUT2D eigenvalue weighted by Crippen LogP contribution is 2.29.